The van der Waals surface area contributed by atoms with Crippen molar-refractivity contribution < 1.29 is 19.8 Å². The van der Waals surface area contributed by atoms with Crippen molar-refractivity contribution in [2.45, 2.75) is 12.5 Å². The van der Waals surface area contributed by atoms with E-state index in [1.54, 1.807) is 13.2 Å². The van der Waals surface area contributed by atoms with Gasteiger partial charge >= 0.3 is 11.9 Å². The highest BCUT2D eigenvalue weighted by Gasteiger charge is 2.27. The highest BCUT2D eigenvalue weighted by molar-refractivity contribution is 5.95. The topological polar surface area (TPSA) is 93.6 Å². The van der Waals surface area contributed by atoms with E-state index in [0.29, 0.717) is 5.69 Å². The summed E-state index contributed by atoms with van der Waals surface area (Å²) in [5.74, 6) is -2.30. The number of hydrogen-bond donors (Lipinski definition) is 3. The first-order chi connectivity index (χ1) is 9.00. The Kier molecular flexibility index (Phi) is 3.41. The summed E-state index contributed by atoms with van der Waals surface area (Å²) in [6.45, 7) is 0. The van der Waals surface area contributed by atoms with Gasteiger partial charge in [-0.15, -0.1) is 0 Å². The maximum atomic E-state index is 11.2. The highest BCUT2D eigenvalue weighted by Crippen LogP contribution is 2.27. The zero-order valence-corrected chi connectivity index (χ0v) is 10.3. The lowest BCUT2D eigenvalue weighted by Gasteiger charge is -2.24. The third-order valence-corrected chi connectivity index (χ3v) is 3.07. The minimum absolute atomic E-state index is 0.453. The third-order valence-electron chi connectivity index (χ3n) is 3.07. The molecule has 1 atom stereocenters. The van der Waals surface area contributed by atoms with Crippen molar-refractivity contribution in [3.8, 4) is 0 Å². The summed E-state index contributed by atoms with van der Waals surface area (Å²) in [5.41, 5.74) is 1.55. The van der Waals surface area contributed by atoms with Crippen molar-refractivity contribution in [2.75, 3.05) is 11.9 Å². The summed E-state index contributed by atoms with van der Waals surface area (Å²) in [7, 11) is 1.58. The van der Waals surface area contributed by atoms with Crippen LogP contribution in [0.15, 0.2) is 30.5 Å². The fourth-order valence-corrected chi connectivity index (χ4v) is 2.07. The molecule has 19 heavy (non-hydrogen) atoms. The zero-order chi connectivity index (χ0) is 14.0. The Balaban J connectivity index is 2.38. The first-order valence-electron chi connectivity index (χ1n) is 5.74. The van der Waals surface area contributed by atoms with Crippen molar-refractivity contribution in [3.63, 3.8) is 0 Å². The number of anilines is 1. The second-order valence-electron chi connectivity index (χ2n) is 4.28. The molecule has 6 nitrogen and oxygen atoms in total. The standard InChI is InChI=1S/C13H14N2O4/c1-15(10(13(18)19)6-12(16)17)11-7-14-9-5-3-2-4-8(9)11/h2-5,7,10,14H,6H2,1H3,(H,16,17)(H,18,19). The van der Waals surface area contributed by atoms with Gasteiger partial charge in [0.25, 0.3) is 0 Å². The van der Waals surface area contributed by atoms with Crippen LogP contribution in [0.3, 0.4) is 0 Å². The molecule has 2 rings (SSSR count). The maximum Gasteiger partial charge on any atom is 0.326 e. The third kappa shape index (κ3) is 2.52. The maximum absolute atomic E-state index is 11.2. The number of carboxylic acid groups (broad SMARTS) is 2. The number of aromatic nitrogens is 1. The van der Waals surface area contributed by atoms with Crippen molar-refractivity contribution in [3.05, 3.63) is 30.5 Å². The summed E-state index contributed by atoms with van der Waals surface area (Å²) in [4.78, 5) is 26.4. The van der Waals surface area contributed by atoms with Gasteiger partial charge in [0.1, 0.15) is 6.04 Å². The molecule has 1 heterocycles. The van der Waals surface area contributed by atoms with E-state index < -0.39 is 24.4 Å². The quantitative estimate of drug-likeness (QED) is 0.759. The van der Waals surface area contributed by atoms with E-state index >= 15 is 0 Å². The van der Waals surface area contributed by atoms with Crippen LogP contribution in [0.1, 0.15) is 6.42 Å². The number of nitrogens with one attached hydrogen (secondary N) is 1. The van der Waals surface area contributed by atoms with Gasteiger partial charge in [0.15, 0.2) is 0 Å². The second kappa shape index (κ2) is 5.01. The Morgan fingerprint density at radius 1 is 1.32 bits per heavy atom. The van der Waals surface area contributed by atoms with E-state index in [2.05, 4.69) is 4.98 Å². The van der Waals surface area contributed by atoms with Crippen LogP contribution in [0.2, 0.25) is 0 Å². The van der Waals surface area contributed by atoms with Crippen LogP contribution in [-0.4, -0.2) is 40.2 Å². The molecule has 0 spiro atoms. The van der Waals surface area contributed by atoms with Crippen molar-refractivity contribution in [2.24, 2.45) is 0 Å². The number of nitrogens with zero attached hydrogens (tertiary/aromatic N) is 1. The van der Waals surface area contributed by atoms with Crippen LogP contribution in [0.5, 0.6) is 0 Å². The van der Waals surface area contributed by atoms with E-state index in [9.17, 15) is 9.59 Å². The van der Waals surface area contributed by atoms with Crippen LogP contribution in [0, 0.1) is 0 Å². The Labute approximate surface area is 109 Å². The van der Waals surface area contributed by atoms with Gasteiger partial charge in [-0.2, -0.15) is 0 Å². The molecule has 0 amide bonds. The average molecular weight is 262 g/mol. The van der Waals surface area contributed by atoms with Crippen molar-refractivity contribution in [1.82, 2.24) is 4.98 Å². The largest absolute Gasteiger partial charge is 0.481 e. The van der Waals surface area contributed by atoms with E-state index in [1.807, 2.05) is 24.3 Å². The Bertz CT molecular complexity index is 620. The monoisotopic (exact) mass is 262 g/mol. The van der Waals surface area contributed by atoms with E-state index in [0.717, 1.165) is 10.9 Å². The zero-order valence-electron chi connectivity index (χ0n) is 10.3. The molecule has 0 fully saturated rings. The number of fused-ring (bicyclic) bond motifs is 1. The molecule has 0 bridgehead atoms. The van der Waals surface area contributed by atoms with Gasteiger partial charge in [0, 0.05) is 24.1 Å². The molecule has 1 aromatic carbocycles. The number of hydrogen-bond acceptors (Lipinski definition) is 3. The lowest BCUT2D eigenvalue weighted by molar-refractivity contribution is -0.145. The number of rotatable bonds is 5. The molecule has 0 aliphatic heterocycles. The summed E-state index contributed by atoms with van der Waals surface area (Å²) < 4.78 is 0. The normalized spacial score (nSPS) is 12.3. The molecular formula is C13H14N2O4. The number of carboxylic acids is 2. The number of carbonyl (C=O) groups is 2. The fraction of sp³-hybridized carbons (Fsp3) is 0.231. The number of benzene rings is 1. The Hall–Kier alpha value is -2.50. The highest BCUT2D eigenvalue weighted by atomic mass is 16.4. The minimum atomic E-state index is -1.16. The molecule has 0 saturated carbocycles. The molecule has 100 valence electrons. The predicted molar refractivity (Wildman–Crippen MR) is 70.4 cm³/mol. The molecule has 2 aromatic rings. The van der Waals surface area contributed by atoms with Gasteiger partial charge in [0.05, 0.1) is 12.1 Å². The van der Waals surface area contributed by atoms with Crippen LogP contribution in [0.25, 0.3) is 10.9 Å². The smallest absolute Gasteiger partial charge is 0.326 e. The number of aromatic amines is 1. The Morgan fingerprint density at radius 2 is 2.00 bits per heavy atom. The Morgan fingerprint density at radius 3 is 2.63 bits per heavy atom. The molecule has 0 radical (unpaired) electrons. The van der Waals surface area contributed by atoms with Gasteiger partial charge < -0.3 is 20.1 Å². The van der Waals surface area contributed by atoms with Gasteiger partial charge in [-0.1, -0.05) is 18.2 Å². The molecule has 1 unspecified atom stereocenters. The molecule has 0 aliphatic rings. The lowest BCUT2D eigenvalue weighted by atomic mass is 10.1. The van der Waals surface area contributed by atoms with Crippen LogP contribution in [0.4, 0.5) is 5.69 Å². The van der Waals surface area contributed by atoms with E-state index in [1.165, 1.54) is 4.90 Å². The van der Waals surface area contributed by atoms with Crippen LogP contribution < -0.4 is 4.90 Å². The summed E-state index contributed by atoms with van der Waals surface area (Å²) in [6, 6.07) is 6.35. The number of H-pyrrole nitrogens is 1. The molecule has 1 aromatic heterocycles. The lowest BCUT2D eigenvalue weighted by Crippen LogP contribution is -2.40. The van der Waals surface area contributed by atoms with Crippen LogP contribution in [-0.2, 0) is 9.59 Å². The predicted octanol–water partition coefficient (Wildman–Crippen LogP) is 1.53. The first kappa shape index (κ1) is 12.9. The second-order valence-corrected chi connectivity index (χ2v) is 4.28. The molecule has 6 heteroatoms. The number of likely N-dealkylation sites (N-methyl/N-ethyl adjacent to an activating group) is 1. The molecule has 3 N–H and O–H groups in total. The van der Waals surface area contributed by atoms with Crippen LogP contribution >= 0.6 is 0 Å². The van der Waals surface area contributed by atoms with E-state index in [-0.39, 0.29) is 0 Å². The molecular weight excluding hydrogens is 248 g/mol. The van der Waals surface area contributed by atoms with Gasteiger partial charge in [-0.25, -0.2) is 4.79 Å². The fourth-order valence-electron chi connectivity index (χ4n) is 2.07. The number of aliphatic carboxylic acids is 2. The molecule has 0 aliphatic carbocycles. The first-order valence-corrected chi connectivity index (χ1v) is 5.74. The number of para-hydroxylation sites is 1. The summed E-state index contributed by atoms with van der Waals surface area (Å²) in [5, 5.41) is 18.8. The van der Waals surface area contributed by atoms with Gasteiger partial charge in [-0.3, -0.25) is 4.79 Å². The van der Waals surface area contributed by atoms with Gasteiger partial charge in [0.2, 0.25) is 0 Å². The average Bonchev–Trinajstić information content (AvgIpc) is 2.78. The minimum Gasteiger partial charge on any atom is -0.481 e. The van der Waals surface area contributed by atoms with E-state index in [4.69, 9.17) is 10.2 Å². The molecule has 0 saturated heterocycles. The summed E-state index contributed by atoms with van der Waals surface area (Å²) >= 11 is 0. The SMILES string of the molecule is CN(c1c[nH]c2ccccc12)C(CC(=O)O)C(=O)O. The van der Waals surface area contributed by atoms with Crippen molar-refractivity contribution >= 4 is 28.5 Å². The van der Waals surface area contributed by atoms with Gasteiger partial charge in [-0.05, 0) is 6.07 Å². The summed E-state index contributed by atoms with van der Waals surface area (Å²) in [6.07, 6.45) is 1.23. The van der Waals surface area contributed by atoms with Crippen molar-refractivity contribution in [1.29, 1.82) is 0 Å².